The summed E-state index contributed by atoms with van der Waals surface area (Å²) >= 11 is 0. The van der Waals surface area contributed by atoms with Crippen molar-refractivity contribution < 1.29 is 9.53 Å². The number of para-hydroxylation sites is 1. The second-order valence-electron chi connectivity index (χ2n) is 4.87. The number of hydrogen-bond donors (Lipinski definition) is 2. The number of ether oxygens (including phenoxy) is 1. The number of anilines is 1. The van der Waals surface area contributed by atoms with Crippen LogP contribution in [-0.4, -0.2) is 13.1 Å². The normalized spacial score (nSPS) is 10.0. The number of amides is 2. The zero-order valence-corrected chi connectivity index (χ0v) is 12.6. The zero-order valence-electron chi connectivity index (χ0n) is 12.6. The van der Waals surface area contributed by atoms with Gasteiger partial charge in [0.1, 0.15) is 5.75 Å². The van der Waals surface area contributed by atoms with Crippen LogP contribution in [0.1, 0.15) is 16.7 Å². The molecule has 110 valence electrons. The highest BCUT2D eigenvalue weighted by Gasteiger charge is 2.07. The monoisotopic (exact) mass is 284 g/mol. The maximum atomic E-state index is 12.0. The molecule has 0 fully saturated rings. The second kappa shape index (κ2) is 6.79. The highest BCUT2D eigenvalue weighted by molar-refractivity contribution is 5.90. The van der Waals surface area contributed by atoms with Crippen molar-refractivity contribution >= 4 is 11.7 Å². The average molecular weight is 284 g/mol. The molecule has 0 atom stereocenters. The number of carbonyl (C=O) groups excluding carboxylic acids is 1. The third-order valence-corrected chi connectivity index (χ3v) is 3.48. The Morgan fingerprint density at radius 3 is 2.62 bits per heavy atom. The third-order valence-electron chi connectivity index (χ3n) is 3.48. The van der Waals surface area contributed by atoms with E-state index in [0.29, 0.717) is 6.54 Å². The Bertz CT molecular complexity index is 638. The lowest BCUT2D eigenvalue weighted by molar-refractivity contribution is 0.251. The number of hydrogen-bond acceptors (Lipinski definition) is 2. The summed E-state index contributed by atoms with van der Waals surface area (Å²) in [5, 5.41) is 5.71. The van der Waals surface area contributed by atoms with Crippen LogP contribution in [0.25, 0.3) is 0 Å². The van der Waals surface area contributed by atoms with Crippen LogP contribution >= 0.6 is 0 Å². The molecule has 4 nitrogen and oxygen atoms in total. The molecular formula is C17H20N2O2. The van der Waals surface area contributed by atoms with Gasteiger partial charge >= 0.3 is 6.03 Å². The van der Waals surface area contributed by atoms with Crippen LogP contribution in [0.4, 0.5) is 10.5 Å². The van der Waals surface area contributed by atoms with Crippen LogP contribution in [0.2, 0.25) is 0 Å². The topological polar surface area (TPSA) is 50.4 Å². The quantitative estimate of drug-likeness (QED) is 0.900. The molecule has 0 heterocycles. The minimum absolute atomic E-state index is 0.227. The molecule has 2 amide bonds. The molecule has 21 heavy (non-hydrogen) atoms. The number of methoxy groups -OCH3 is 1. The molecule has 0 aliphatic heterocycles. The summed E-state index contributed by atoms with van der Waals surface area (Å²) in [6.45, 7) is 4.43. The molecule has 0 spiro atoms. The minimum atomic E-state index is -0.227. The molecule has 2 rings (SSSR count). The van der Waals surface area contributed by atoms with Gasteiger partial charge in [-0.2, -0.15) is 0 Å². The van der Waals surface area contributed by atoms with Crippen molar-refractivity contribution in [1.29, 1.82) is 0 Å². The Balaban J connectivity index is 1.98. The van der Waals surface area contributed by atoms with Crippen LogP contribution in [0.15, 0.2) is 42.5 Å². The van der Waals surface area contributed by atoms with Gasteiger partial charge < -0.3 is 15.4 Å². The molecular weight excluding hydrogens is 264 g/mol. The second-order valence-corrected chi connectivity index (χ2v) is 4.87. The van der Waals surface area contributed by atoms with Crippen molar-refractivity contribution in [2.45, 2.75) is 20.4 Å². The number of benzene rings is 2. The van der Waals surface area contributed by atoms with Gasteiger partial charge in [0.2, 0.25) is 0 Å². The first-order valence-corrected chi connectivity index (χ1v) is 6.84. The Hall–Kier alpha value is -2.49. The molecule has 0 radical (unpaired) electrons. The van der Waals surface area contributed by atoms with Crippen molar-refractivity contribution in [3.8, 4) is 5.75 Å². The Morgan fingerprint density at radius 2 is 1.86 bits per heavy atom. The molecule has 0 saturated carbocycles. The van der Waals surface area contributed by atoms with Gasteiger partial charge in [-0.15, -0.1) is 0 Å². The van der Waals surface area contributed by atoms with Crippen LogP contribution in [0, 0.1) is 13.8 Å². The molecule has 2 N–H and O–H groups in total. The van der Waals surface area contributed by atoms with E-state index in [1.165, 1.54) is 0 Å². The van der Waals surface area contributed by atoms with E-state index in [4.69, 9.17) is 4.74 Å². The van der Waals surface area contributed by atoms with Gasteiger partial charge in [0.15, 0.2) is 0 Å². The van der Waals surface area contributed by atoms with Gasteiger partial charge in [-0.05, 0) is 37.1 Å². The summed E-state index contributed by atoms with van der Waals surface area (Å²) in [6.07, 6.45) is 0. The third kappa shape index (κ3) is 3.75. The van der Waals surface area contributed by atoms with Gasteiger partial charge in [0.25, 0.3) is 0 Å². The smallest absolute Gasteiger partial charge is 0.319 e. The van der Waals surface area contributed by atoms with Crippen LogP contribution in [-0.2, 0) is 6.54 Å². The van der Waals surface area contributed by atoms with Crippen LogP contribution in [0.3, 0.4) is 0 Å². The molecule has 0 saturated heterocycles. The van der Waals surface area contributed by atoms with E-state index in [1.54, 1.807) is 7.11 Å². The minimum Gasteiger partial charge on any atom is -0.496 e. The predicted octanol–water partition coefficient (Wildman–Crippen LogP) is 3.63. The van der Waals surface area contributed by atoms with E-state index in [1.807, 2.05) is 56.3 Å². The first-order valence-electron chi connectivity index (χ1n) is 6.84. The average Bonchev–Trinajstić information content (AvgIpc) is 2.50. The Kier molecular flexibility index (Phi) is 4.82. The van der Waals surface area contributed by atoms with E-state index >= 15 is 0 Å². The summed E-state index contributed by atoms with van der Waals surface area (Å²) in [5.74, 6) is 0.768. The number of rotatable bonds is 4. The lowest BCUT2D eigenvalue weighted by atomic mass is 10.1. The molecule has 0 unspecified atom stereocenters. The van der Waals surface area contributed by atoms with E-state index in [0.717, 1.165) is 28.1 Å². The summed E-state index contributed by atoms with van der Waals surface area (Å²) in [6, 6.07) is 13.2. The molecule has 4 heteroatoms. The van der Waals surface area contributed by atoms with E-state index in [-0.39, 0.29) is 6.03 Å². The Morgan fingerprint density at radius 1 is 1.10 bits per heavy atom. The van der Waals surface area contributed by atoms with Crippen molar-refractivity contribution in [2.24, 2.45) is 0 Å². The fraction of sp³-hybridized carbons (Fsp3) is 0.235. The lowest BCUT2D eigenvalue weighted by Gasteiger charge is -2.12. The summed E-state index contributed by atoms with van der Waals surface area (Å²) in [5.41, 5.74) is 3.99. The Labute approximate surface area is 125 Å². The number of aryl methyl sites for hydroxylation is 1. The van der Waals surface area contributed by atoms with E-state index < -0.39 is 0 Å². The van der Waals surface area contributed by atoms with Gasteiger partial charge in [-0.1, -0.05) is 30.3 Å². The summed E-state index contributed by atoms with van der Waals surface area (Å²) in [7, 11) is 1.62. The van der Waals surface area contributed by atoms with E-state index in [9.17, 15) is 4.79 Å². The molecule has 0 bridgehead atoms. The van der Waals surface area contributed by atoms with Crippen LogP contribution in [0.5, 0.6) is 5.75 Å². The standard InChI is InChI=1S/C17H20N2O2/c1-12-7-6-9-15(13(12)2)19-17(20)18-11-14-8-4-5-10-16(14)21-3/h4-10H,11H2,1-3H3,(H2,18,19,20). The lowest BCUT2D eigenvalue weighted by Crippen LogP contribution is -2.28. The fourth-order valence-electron chi connectivity index (χ4n) is 2.08. The number of urea groups is 1. The van der Waals surface area contributed by atoms with Crippen molar-refractivity contribution in [3.05, 3.63) is 59.2 Å². The van der Waals surface area contributed by atoms with Gasteiger partial charge in [-0.25, -0.2) is 4.79 Å². The summed E-state index contributed by atoms with van der Waals surface area (Å²) < 4.78 is 5.26. The van der Waals surface area contributed by atoms with Crippen LogP contribution < -0.4 is 15.4 Å². The highest BCUT2D eigenvalue weighted by atomic mass is 16.5. The SMILES string of the molecule is COc1ccccc1CNC(=O)Nc1cccc(C)c1C. The van der Waals surface area contributed by atoms with Gasteiger partial charge in [0.05, 0.1) is 7.11 Å². The molecule has 0 aromatic heterocycles. The predicted molar refractivity (Wildman–Crippen MR) is 84.8 cm³/mol. The van der Waals surface area contributed by atoms with Crippen molar-refractivity contribution in [1.82, 2.24) is 5.32 Å². The first-order chi connectivity index (χ1) is 10.1. The highest BCUT2D eigenvalue weighted by Crippen LogP contribution is 2.18. The fourth-order valence-corrected chi connectivity index (χ4v) is 2.08. The molecule has 2 aromatic carbocycles. The van der Waals surface area contributed by atoms with E-state index in [2.05, 4.69) is 10.6 Å². The first kappa shape index (κ1) is 14.9. The number of carbonyl (C=O) groups is 1. The van der Waals surface area contributed by atoms with Gasteiger partial charge in [0, 0.05) is 17.8 Å². The summed E-state index contributed by atoms with van der Waals surface area (Å²) in [4.78, 5) is 12.0. The molecule has 0 aliphatic rings. The van der Waals surface area contributed by atoms with Crippen molar-refractivity contribution in [3.63, 3.8) is 0 Å². The number of nitrogens with one attached hydrogen (secondary N) is 2. The molecule has 0 aliphatic carbocycles. The van der Waals surface area contributed by atoms with Gasteiger partial charge in [-0.3, -0.25) is 0 Å². The maximum Gasteiger partial charge on any atom is 0.319 e. The maximum absolute atomic E-state index is 12.0. The largest absolute Gasteiger partial charge is 0.496 e. The zero-order chi connectivity index (χ0) is 15.2. The molecule has 2 aromatic rings. The van der Waals surface area contributed by atoms with Crippen molar-refractivity contribution in [2.75, 3.05) is 12.4 Å².